The first-order valence-corrected chi connectivity index (χ1v) is 8.63. The summed E-state index contributed by atoms with van der Waals surface area (Å²) >= 11 is 0. The molecule has 0 aliphatic rings. The van der Waals surface area contributed by atoms with Crippen molar-refractivity contribution in [3.8, 4) is 5.75 Å². The smallest absolute Gasteiger partial charge is 0.261 e. The van der Waals surface area contributed by atoms with Crippen molar-refractivity contribution >= 4 is 21.4 Å². The van der Waals surface area contributed by atoms with Gasteiger partial charge in [-0.3, -0.25) is 4.72 Å². The molecule has 0 aromatic heterocycles. The standard InChI is InChI=1S/C12H11NO3S.C6H7N/c14-11-6-8-12(9-7-11)17(15,16)13-10-4-2-1-3-5-10;7-6-4-2-1-3-5-6/h1-9,13-14H;1-5H,7H2. The lowest BCUT2D eigenvalue weighted by atomic mass is 10.3. The second-order valence-corrected chi connectivity index (χ2v) is 6.56. The Bertz CT molecular complexity index is 850. The van der Waals surface area contributed by atoms with Gasteiger partial charge in [0.1, 0.15) is 5.75 Å². The summed E-state index contributed by atoms with van der Waals surface area (Å²) < 4.78 is 26.3. The summed E-state index contributed by atoms with van der Waals surface area (Å²) in [5, 5.41) is 9.10. The fourth-order valence-corrected chi connectivity index (χ4v) is 2.86. The molecule has 0 radical (unpaired) electrons. The quantitative estimate of drug-likeness (QED) is 0.636. The Balaban J connectivity index is 0.000000249. The van der Waals surface area contributed by atoms with E-state index in [-0.39, 0.29) is 10.6 Å². The molecule has 24 heavy (non-hydrogen) atoms. The molecule has 4 N–H and O–H groups in total. The molecule has 0 saturated carbocycles. The van der Waals surface area contributed by atoms with E-state index in [9.17, 15) is 8.42 Å². The minimum absolute atomic E-state index is 0.0312. The summed E-state index contributed by atoms with van der Waals surface area (Å²) in [6, 6.07) is 23.5. The van der Waals surface area contributed by atoms with Gasteiger partial charge in [0.05, 0.1) is 4.90 Å². The van der Waals surface area contributed by atoms with Gasteiger partial charge in [-0.2, -0.15) is 0 Å². The fraction of sp³-hybridized carbons (Fsp3) is 0. The lowest BCUT2D eigenvalue weighted by molar-refractivity contribution is 0.475. The largest absolute Gasteiger partial charge is 0.508 e. The zero-order valence-corrected chi connectivity index (χ0v) is 13.6. The molecule has 0 fully saturated rings. The number of aromatic hydroxyl groups is 1. The molecule has 3 rings (SSSR count). The third kappa shape index (κ3) is 5.33. The molecule has 0 saturated heterocycles. The Morgan fingerprint density at radius 1 is 0.750 bits per heavy atom. The first kappa shape index (κ1) is 17.4. The summed E-state index contributed by atoms with van der Waals surface area (Å²) in [6.45, 7) is 0. The van der Waals surface area contributed by atoms with Crippen LogP contribution in [0.5, 0.6) is 5.75 Å². The van der Waals surface area contributed by atoms with E-state index in [1.165, 1.54) is 24.3 Å². The van der Waals surface area contributed by atoms with Crippen molar-refractivity contribution in [2.24, 2.45) is 0 Å². The molecule has 0 unspecified atom stereocenters. The number of nitrogens with two attached hydrogens (primary N) is 1. The topological polar surface area (TPSA) is 92.4 Å². The average molecular weight is 342 g/mol. The maximum absolute atomic E-state index is 11.9. The van der Waals surface area contributed by atoms with Crippen LogP contribution in [0.4, 0.5) is 11.4 Å². The average Bonchev–Trinajstić information content (AvgIpc) is 2.57. The second kappa shape index (κ2) is 8.03. The van der Waals surface area contributed by atoms with Gasteiger partial charge in [-0.25, -0.2) is 8.42 Å². The van der Waals surface area contributed by atoms with E-state index in [4.69, 9.17) is 10.8 Å². The van der Waals surface area contributed by atoms with Crippen LogP contribution in [0.25, 0.3) is 0 Å². The number of phenolic OH excluding ortho intramolecular Hbond substituents is 1. The van der Waals surface area contributed by atoms with Crippen molar-refractivity contribution in [2.75, 3.05) is 10.5 Å². The Morgan fingerprint density at radius 2 is 1.25 bits per heavy atom. The van der Waals surface area contributed by atoms with Gasteiger partial charge in [0.25, 0.3) is 10.0 Å². The van der Waals surface area contributed by atoms with Crippen LogP contribution in [0, 0.1) is 0 Å². The normalized spacial score (nSPS) is 10.3. The van der Waals surface area contributed by atoms with Gasteiger partial charge in [0.2, 0.25) is 0 Å². The van der Waals surface area contributed by atoms with E-state index in [0.717, 1.165) is 5.69 Å². The van der Waals surface area contributed by atoms with Crippen molar-refractivity contribution in [1.29, 1.82) is 0 Å². The van der Waals surface area contributed by atoms with Crippen LogP contribution < -0.4 is 10.5 Å². The molecule has 6 heteroatoms. The highest BCUT2D eigenvalue weighted by Crippen LogP contribution is 2.18. The van der Waals surface area contributed by atoms with E-state index < -0.39 is 10.0 Å². The molecule has 124 valence electrons. The van der Waals surface area contributed by atoms with E-state index >= 15 is 0 Å². The summed E-state index contributed by atoms with van der Waals surface area (Å²) in [4.78, 5) is 0.110. The number of sulfonamides is 1. The van der Waals surface area contributed by atoms with E-state index in [2.05, 4.69) is 4.72 Å². The second-order valence-electron chi connectivity index (χ2n) is 4.88. The van der Waals surface area contributed by atoms with Crippen molar-refractivity contribution in [2.45, 2.75) is 4.90 Å². The number of rotatable bonds is 3. The number of nitrogen functional groups attached to an aromatic ring is 1. The van der Waals surface area contributed by atoms with Gasteiger partial charge < -0.3 is 10.8 Å². The van der Waals surface area contributed by atoms with Gasteiger partial charge >= 0.3 is 0 Å². The molecule has 0 bridgehead atoms. The monoisotopic (exact) mass is 342 g/mol. The van der Waals surface area contributed by atoms with Gasteiger partial charge in [-0.15, -0.1) is 0 Å². The van der Waals surface area contributed by atoms with E-state index in [1.54, 1.807) is 30.3 Å². The number of nitrogens with one attached hydrogen (secondary N) is 1. The Hall–Kier alpha value is -2.99. The highest BCUT2D eigenvalue weighted by molar-refractivity contribution is 7.92. The lowest BCUT2D eigenvalue weighted by Gasteiger charge is -2.07. The van der Waals surface area contributed by atoms with E-state index in [0.29, 0.717) is 5.69 Å². The fourth-order valence-electron chi connectivity index (χ4n) is 1.80. The maximum Gasteiger partial charge on any atom is 0.261 e. The predicted molar refractivity (Wildman–Crippen MR) is 96.2 cm³/mol. The number of hydrogen-bond donors (Lipinski definition) is 3. The van der Waals surface area contributed by atoms with Crippen molar-refractivity contribution in [1.82, 2.24) is 0 Å². The third-order valence-electron chi connectivity index (χ3n) is 2.97. The van der Waals surface area contributed by atoms with Crippen molar-refractivity contribution in [3.63, 3.8) is 0 Å². The molecule has 0 heterocycles. The molecule has 0 spiro atoms. The van der Waals surface area contributed by atoms with Crippen LogP contribution in [0.2, 0.25) is 0 Å². The van der Waals surface area contributed by atoms with Crippen LogP contribution in [0.3, 0.4) is 0 Å². The lowest BCUT2D eigenvalue weighted by Crippen LogP contribution is -2.12. The Morgan fingerprint density at radius 3 is 1.71 bits per heavy atom. The van der Waals surface area contributed by atoms with E-state index in [1.807, 2.05) is 30.3 Å². The van der Waals surface area contributed by atoms with Crippen molar-refractivity contribution < 1.29 is 13.5 Å². The SMILES string of the molecule is Nc1ccccc1.O=S(=O)(Nc1ccccc1)c1ccc(O)cc1. The minimum Gasteiger partial charge on any atom is -0.508 e. The van der Waals surface area contributed by atoms with Gasteiger partial charge in [-0.05, 0) is 48.5 Å². The Kier molecular flexibility index (Phi) is 5.81. The minimum atomic E-state index is -3.59. The Labute approximate surface area is 141 Å². The third-order valence-corrected chi connectivity index (χ3v) is 4.37. The van der Waals surface area contributed by atoms with Gasteiger partial charge in [0, 0.05) is 11.4 Å². The molecule has 0 aliphatic carbocycles. The molecule has 3 aromatic carbocycles. The van der Waals surface area contributed by atoms with Crippen LogP contribution >= 0.6 is 0 Å². The van der Waals surface area contributed by atoms with Crippen LogP contribution in [0.15, 0.2) is 89.8 Å². The molecule has 0 aliphatic heterocycles. The van der Waals surface area contributed by atoms with Gasteiger partial charge in [-0.1, -0.05) is 36.4 Å². The number of benzene rings is 3. The predicted octanol–water partition coefficient (Wildman–Crippen LogP) is 3.46. The summed E-state index contributed by atoms with van der Waals surface area (Å²) in [5.41, 5.74) is 6.68. The molecule has 0 amide bonds. The first-order valence-electron chi connectivity index (χ1n) is 7.15. The van der Waals surface area contributed by atoms with Crippen LogP contribution in [-0.4, -0.2) is 13.5 Å². The zero-order chi connectivity index (χ0) is 17.4. The molecular formula is C18H18N2O3S. The summed E-state index contributed by atoms with van der Waals surface area (Å²) in [5.74, 6) is 0.0312. The molecular weight excluding hydrogens is 324 g/mol. The summed E-state index contributed by atoms with van der Waals surface area (Å²) in [7, 11) is -3.59. The van der Waals surface area contributed by atoms with Crippen LogP contribution in [-0.2, 0) is 10.0 Å². The number of phenols is 1. The number of para-hydroxylation sites is 2. The van der Waals surface area contributed by atoms with Crippen LogP contribution in [0.1, 0.15) is 0 Å². The number of hydrogen-bond acceptors (Lipinski definition) is 4. The number of anilines is 2. The van der Waals surface area contributed by atoms with Gasteiger partial charge in [0.15, 0.2) is 0 Å². The molecule has 5 nitrogen and oxygen atoms in total. The van der Waals surface area contributed by atoms with Crippen molar-refractivity contribution in [3.05, 3.63) is 84.9 Å². The zero-order valence-electron chi connectivity index (χ0n) is 12.8. The maximum atomic E-state index is 11.9. The first-order chi connectivity index (χ1) is 11.5. The highest BCUT2D eigenvalue weighted by Gasteiger charge is 2.13. The molecule has 3 aromatic rings. The molecule has 0 atom stereocenters. The summed E-state index contributed by atoms with van der Waals surface area (Å²) in [6.07, 6.45) is 0. The highest BCUT2D eigenvalue weighted by atomic mass is 32.2.